The normalized spacial score (nSPS) is 19.4. The zero-order valence-electron chi connectivity index (χ0n) is 24.5. The number of ether oxygens (including phenoxy) is 1. The maximum Gasteiger partial charge on any atom is 0.270 e. The summed E-state index contributed by atoms with van der Waals surface area (Å²) in [7, 11) is 0. The Hall–Kier alpha value is -3.88. The third-order valence-corrected chi connectivity index (χ3v) is 8.70. The van der Waals surface area contributed by atoms with Crippen molar-refractivity contribution in [3.63, 3.8) is 0 Å². The van der Waals surface area contributed by atoms with Crippen molar-refractivity contribution in [1.29, 1.82) is 0 Å². The standard InChI is InChI=1S/C34H39N5O3/c1-22-15-23(2)32(34(41)38-28-8-10-31(36-20-28)33(40)37-27-5-3-4-6-27)30-17-25(7-9-29(22)30)26-16-24(18-35-19-26)21-39-11-13-42-14-12-39/h7-10,16-20,22,27H,3-6,11-15,21H2,1-2H3,(H,37,40)(H,38,41)/t22-/m1/s1. The van der Waals surface area contributed by atoms with Gasteiger partial charge in [0.05, 0.1) is 25.1 Å². The maximum absolute atomic E-state index is 13.7. The monoisotopic (exact) mass is 565 g/mol. The molecule has 1 aliphatic heterocycles. The van der Waals surface area contributed by atoms with Crippen LogP contribution in [0.25, 0.3) is 16.7 Å². The fourth-order valence-corrected chi connectivity index (χ4v) is 6.47. The van der Waals surface area contributed by atoms with Crippen molar-refractivity contribution in [2.45, 2.75) is 64.5 Å². The molecule has 0 bridgehead atoms. The van der Waals surface area contributed by atoms with Gasteiger partial charge in [0.2, 0.25) is 0 Å². The predicted octanol–water partition coefficient (Wildman–Crippen LogP) is 5.57. The van der Waals surface area contributed by atoms with E-state index in [1.807, 2.05) is 19.3 Å². The van der Waals surface area contributed by atoms with Gasteiger partial charge in [0.25, 0.3) is 11.8 Å². The topological polar surface area (TPSA) is 96.5 Å². The Kier molecular flexibility index (Phi) is 8.44. The van der Waals surface area contributed by atoms with E-state index >= 15 is 0 Å². The van der Waals surface area contributed by atoms with Gasteiger partial charge in [0.15, 0.2) is 0 Å². The highest BCUT2D eigenvalue weighted by molar-refractivity contribution is 6.26. The van der Waals surface area contributed by atoms with Gasteiger partial charge in [-0.15, -0.1) is 0 Å². The summed E-state index contributed by atoms with van der Waals surface area (Å²) in [6, 6.07) is 12.3. The molecule has 6 rings (SSSR count). The minimum absolute atomic E-state index is 0.162. The summed E-state index contributed by atoms with van der Waals surface area (Å²) in [4.78, 5) is 37.6. The molecule has 1 aromatic carbocycles. The number of benzene rings is 1. The van der Waals surface area contributed by atoms with Crippen LogP contribution in [0.4, 0.5) is 5.69 Å². The fourth-order valence-electron chi connectivity index (χ4n) is 6.47. The second-order valence-electron chi connectivity index (χ2n) is 11.9. The molecule has 42 heavy (non-hydrogen) atoms. The number of carbonyl (C=O) groups excluding carboxylic acids is 2. The molecule has 2 amide bonds. The zero-order chi connectivity index (χ0) is 29.1. The molecule has 3 heterocycles. The van der Waals surface area contributed by atoms with Gasteiger partial charge in [-0.05, 0) is 78.6 Å². The van der Waals surface area contributed by atoms with Crippen molar-refractivity contribution in [3.05, 3.63) is 82.9 Å². The minimum atomic E-state index is -0.165. The number of amides is 2. The lowest BCUT2D eigenvalue weighted by atomic mass is 9.78. The molecule has 1 saturated heterocycles. The van der Waals surface area contributed by atoms with Crippen molar-refractivity contribution in [1.82, 2.24) is 20.2 Å². The summed E-state index contributed by atoms with van der Waals surface area (Å²) >= 11 is 0. The highest BCUT2D eigenvalue weighted by atomic mass is 16.5. The van der Waals surface area contributed by atoms with E-state index in [1.165, 1.54) is 5.56 Å². The zero-order valence-corrected chi connectivity index (χ0v) is 24.5. The molecule has 218 valence electrons. The number of hydrogen-bond acceptors (Lipinski definition) is 6. The molecular weight excluding hydrogens is 526 g/mol. The van der Waals surface area contributed by atoms with Crippen LogP contribution in [0.15, 0.2) is 60.6 Å². The number of carbonyl (C=O) groups is 2. The highest BCUT2D eigenvalue weighted by Crippen LogP contribution is 2.40. The summed E-state index contributed by atoms with van der Waals surface area (Å²) < 4.78 is 5.49. The number of aromatic nitrogens is 2. The van der Waals surface area contributed by atoms with Crippen LogP contribution in [0.1, 0.15) is 79.0 Å². The molecular formula is C34H39N5O3. The summed E-state index contributed by atoms with van der Waals surface area (Å²) in [6.07, 6.45) is 10.6. The second kappa shape index (κ2) is 12.5. The second-order valence-corrected chi connectivity index (χ2v) is 11.9. The number of pyridine rings is 2. The van der Waals surface area contributed by atoms with E-state index in [4.69, 9.17) is 4.74 Å². The predicted molar refractivity (Wildman–Crippen MR) is 164 cm³/mol. The number of morpholine rings is 1. The molecule has 1 saturated carbocycles. The van der Waals surface area contributed by atoms with Gasteiger partial charge >= 0.3 is 0 Å². The van der Waals surface area contributed by atoms with Gasteiger partial charge in [-0.3, -0.25) is 19.5 Å². The van der Waals surface area contributed by atoms with Gasteiger partial charge in [-0.2, -0.15) is 0 Å². The number of nitrogens with one attached hydrogen (secondary N) is 2. The number of anilines is 1. The summed E-state index contributed by atoms with van der Waals surface area (Å²) in [5.74, 6) is -0.0118. The van der Waals surface area contributed by atoms with E-state index in [1.54, 1.807) is 18.3 Å². The van der Waals surface area contributed by atoms with E-state index in [9.17, 15) is 9.59 Å². The first-order valence-electron chi connectivity index (χ1n) is 15.1. The molecule has 2 fully saturated rings. The summed E-state index contributed by atoms with van der Waals surface area (Å²) in [6.45, 7) is 8.48. The third-order valence-electron chi connectivity index (χ3n) is 8.70. The molecule has 0 radical (unpaired) electrons. The number of rotatable bonds is 7. The van der Waals surface area contributed by atoms with Crippen LogP contribution >= 0.6 is 0 Å². The smallest absolute Gasteiger partial charge is 0.270 e. The summed E-state index contributed by atoms with van der Waals surface area (Å²) in [5.41, 5.74) is 8.05. The van der Waals surface area contributed by atoms with E-state index in [0.717, 1.165) is 92.8 Å². The van der Waals surface area contributed by atoms with Crippen LogP contribution in [-0.4, -0.2) is 59.0 Å². The first-order valence-corrected chi connectivity index (χ1v) is 15.1. The van der Waals surface area contributed by atoms with Crippen LogP contribution < -0.4 is 10.6 Å². The first kappa shape index (κ1) is 28.2. The Bertz CT molecular complexity index is 1490. The van der Waals surface area contributed by atoms with Crippen LogP contribution in [0.5, 0.6) is 0 Å². The van der Waals surface area contributed by atoms with Gasteiger partial charge in [-0.1, -0.05) is 37.5 Å². The van der Waals surface area contributed by atoms with Gasteiger partial charge in [0.1, 0.15) is 5.69 Å². The van der Waals surface area contributed by atoms with Crippen molar-refractivity contribution in [3.8, 4) is 11.1 Å². The molecule has 2 N–H and O–H groups in total. The number of fused-ring (bicyclic) bond motifs is 1. The molecule has 0 unspecified atom stereocenters. The molecule has 3 aliphatic rings. The Morgan fingerprint density at radius 2 is 1.79 bits per heavy atom. The van der Waals surface area contributed by atoms with Crippen LogP contribution in [0.2, 0.25) is 0 Å². The van der Waals surface area contributed by atoms with Gasteiger partial charge in [0, 0.05) is 49.2 Å². The lowest BCUT2D eigenvalue weighted by Gasteiger charge is -2.27. The van der Waals surface area contributed by atoms with Gasteiger partial charge in [-0.25, -0.2) is 4.98 Å². The molecule has 8 nitrogen and oxygen atoms in total. The van der Waals surface area contributed by atoms with Crippen molar-refractivity contribution < 1.29 is 14.3 Å². The number of nitrogens with zero attached hydrogens (tertiary/aromatic N) is 3. The van der Waals surface area contributed by atoms with Crippen LogP contribution in [0, 0.1) is 0 Å². The Labute approximate surface area is 247 Å². The average Bonchev–Trinajstić information content (AvgIpc) is 3.51. The quantitative estimate of drug-likeness (QED) is 0.389. The molecule has 2 aromatic heterocycles. The van der Waals surface area contributed by atoms with Crippen molar-refractivity contribution in [2.75, 3.05) is 31.6 Å². The van der Waals surface area contributed by atoms with Crippen LogP contribution in [-0.2, 0) is 16.1 Å². The Morgan fingerprint density at radius 1 is 0.976 bits per heavy atom. The van der Waals surface area contributed by atoms with Crippen molar-refractivity contribution in [2.24, 2.45) is 0 Å². The van der Waals surface area contributed by atoms with E-state index < -0.39 is 0 Å². The van der Waals surface area contributed by atoms with Gasteiger partial charge < -0.3 is 15.4 Å². The van der Waals surface area contributed by atoms with Crippen LogP contribution in [0.3, 0.4) is 0 Å². The molecule has 8 heteroatoms. The SMILES string of the molecule is CC1=C(C(=O)Nc2ccc(C(=O)NC3CCCC3)nc2)c2cc(-c3cncc(CN4CCOCC4)c3)ccc2[C@H](C)C1. The number of hydrogen-bond donors (Lipinski definition) is 2. The highest BCUT2D eigenvalue weighted by Gasteiger charge is 2.27. The largest absolute Gasteiger partial charge is 0.379 e. The van der Waals surface area contributed by atoms with Crippen molar-refractivity contribution >= 4 is 23.1 Å². The number of allylic oxidation sites excluding steroid dienone is 1. The lowest BCUT2D eigenvalue weighted by Crippen LogP contribution is -2.35. The third kappa shape index (κ3) is 6.30. The molecule has 1 atom stereocenters. The summed E-state index contributed by atoms with van der Waals surface area (Å²) in [5, 5.41) is 6.09. The fraction of sp³-hybridized carbons (Fsp3) is 0.412. The lowest BCUT2D eigenvalue weighted by molar-refractivity contribution is -0.111. The molecule has 2 aliphatic carbocycles. The first-order chi connectivity index (χ1) is 20.4. The average molecular weight is 566 g/mol. The van der Waals surface area contributed by atoms with E-state index in [-0.39, 0.29) is 17.9 Å². The Morgan fingerprint density at radius 3 is 2.55 bits per heavy atom. The Balaban J connectivity index is 1.20. The molecule has 3 aromatic rings. The maximum atomic E-state index is 13.7. The minimum Gasteiger partial charge on any atom is -0.379 e. The molecule has 0 spiro atoms. The van der Waals surface area contributed by atoms with E-state index in [2.05, 4.69) is 56.7 Å². The van der Waals surface area contributed by atoms with E-state index in [0.29, 0.717) is 22.9 Å².